The highest BCUT2D eigenvalue weighted by molar-refractivity contribution is 6.08. The van der Waals surface area contributed by atoms with Crippen LogP contribution in [0.2, 0.25) is 0 Å². The SMILES string of the molecule is C=CCN1C(=O)C(O)=C(C(C)=O)C1c1ccccc1. The summed E-state index contributed by atoms with van der Waals surface area (Å²) in [7, 11) is 0. The highest BCUT2D eigenvalue weighted by Gasteiger charge is 2.41. The standard InChI is InChI=1S/C15H15NO3/c1-3-9-16-13(11-7-5-4-6-8-11)12(10(2)17)14(18)15(16)19/h3-8,13,18H,1,9H2,2H3. The molecule has 0 radical (unpaired) electrons. The maximum absolute atomic E-state index is 12.0. The first kappa shape index (κ1) is 13.1. The minimum atomic E-state index is -0.538. The van der Waals surface area contributed by atoms with E-state index in [1.807, 2.05) is 30.3 Å². The molecule has 4 heteroatoms. The number of ketones is 1. The van der Waals surface area contributed by atoms with Crippen LogP contribution >= 0.6 is 0 Å². The molecule has 1 amide bonds. The average molecular weight is 257 g/mol. The smallest absolute Gasteiger partial charge is 0.290 e. The molecule has 4 nitrogen and oxygen atoms in total. The minimum Gasteiger partial charge on any atom is -0.503 e. The van der Waals surface area contributed by atoms with Gasteiger partial charge in [-0.3, -0.25) is 9.59 Å². The van der Waals surface area contributed by atoms with Crippen molar-refractivity contribution in [3.8, 4) is 0 Å². The Balaban J connectivity index is 2.54. The van der Waals surface area contributed by atoms with Gasteiger partial charge in [0.1, 0.15) is 0 Å². The van der Waals surface area contributed by atoms with Crippen LogP contribution < -0.4 is 0 Å². The second-order valence-electron chi connectivity index (χ2n) is 4.38. The molecule has 1 aromatic carbocycles. The summed E-state index contributed by atoms with van der Waals surface area (Å²) in [6.45, 7) is 5.23. The number of hydrogen-bond acceptors (Lipinski definition) is 3. The molecular formula is C15H15NO3. The van der Waals surface area contributed by atoms with Crippen molar-refractivity contribution >= 4 is 11.7 Å². The number of rotatable bonds is 4. The number of hydrogen-bond donors (Lipinski definition) is 1. The summed E-state index contributed by atoms with van der Waals surface area (Å²) in [6, 6.07) is 8.64. The second kappa shape index (κ2) is 5.10. The van der Waals surface area contributed by atoms with Crippen LogP contribution in [0.4, 0.5) is 0 Å². The Morgan fingerprint density at radius 3 is 2.58 bits per heavy atom. The van der Waals surface area contributed by atoms with E-state index in [1.54, 1.807) is 6.08 Å². The Bertz CT molecular complexity index is 560. The van der Waals surface area contributed by atoms with Gasteiger partial charge < -0.3 is 10.0 Å². The molecule has 1 heterocycles. The maximum atomic E-state index is 12.0. The van der Waals surface area contributed by atoms with E-state index in [2.05, 4.69) is 6.58 Å². The Kier molecular flexibility index (Phi) is 3.51. The van der Waals surface area contributed by atoms with Crippen molar-refractivity contribution in [3.63, 3.8) is 0 Å². The van der Waals surface area contributed by atoms with Crippen LogP contribution in [0.3, 0.4) is 0 Å². The first-order valence-corrected chi connectivity index (χ1v) is 5.98. The second-order valence-corrected chi connectivity index (χ2v) is 4.38. The number of benzene rings is 1. The predicted molar refractivity (Wildman–Crippen MR) is 71.4 cm³/mol. The van der Waals surface area contributed by atoms with E-state index in [4.69, 9.17) is 0 Å². The highest BCUT2D eigenvalue weighted by Crippen LogP contribution is 2.37. The van der Waals surface area contributed by atoms with Crippen molar-refractivity contribution < 1.29 is 14.7 Å². The summed E-state index contributed by atoms with van der Waals surface area (Å²) < 4.78 is 0. The fourth-order valence-corrected chi connectivity index (χ4v) is 2.32. The normalized spacial score (nSPS) is 18.9. The Labute approximate surface area is 111 Å². The quantitative estimate of drug-likeness (QED) is 0.841. The molecule has 0 aromatic heterocycles. The van der Waals surface area contributed by atoms with Gasteiger partial charge in [-0.15, -0.1) is 6.58 Å². The third kappa shape index (κ3) is 2.17. The minimum absolute atomic E-state index is 0.151. The van der Waals surface area contributed by atoms with Gasteiger partial charge in [-0.1, -0.05) is 36.4 Å². The molecule has 0 saturated carbocycles. The van der Waals surface area contributed by atoms with Crippen molar-refractivity contribution in [1.82, 2.24) is 4.90 Å². The summed E-state index contributed by atoms with van der Waals surface area (Å²) in [6.07, 6.45) is 1.57. The monoisotopic (exact) mass is 257 g/mol. The van der Waals surface area contributed by atoms with Gasteiger partial charge in [0.15, 0.2) is 11.5 Å². The molecule has 1 N–H and O–H groups in total. The van der Waals surface area contributed by atoms with Crippen molar-refractivity contribution in [2.24, 2.45) is 0 Å². The van der Waals surface area contributed by atoms with E-state index in [-0.39, 0.29) is 17.9 Å². The van der Waals surface area contributed by atoms with Crippen molar-refractivity contribution in [1.29, 1.82) is 0 Å². The van der Waals surface area contributed by atoms with Gasteiger partial charge in [0.25, 0.3) is 5.91 Å². The lowest BCUT2D eigenvalue weighted by Crippen LogP contribution is -2.31. The predicted octanol–water partition coefficient (Wildman–Crippen LogP) is 2.16. The molecule has 1 atom stereocenters. The molecule has 1 aromatic rings. The number of aliphatic hydroxyl groups excluding tert-OH is 1. The molecule has 2 rings (SSSR count). The Hall–Kier alpha value is -2.36. The lowest BCUT2D eigenvalue weighted by atomic mass is 9.97. The van der Waals surface area contributed by atoms with Crippen LogP contribution in [0.15, 0.2) is 54.3 Å². The molecule has 0 aliphatic carbocycles. The van der Waals surface area contributed by atoms with Gasteiger partial charge in [0.05, 0.1) is 11.6 Å². The van der Waals surface area contributed by atoms with Gasteiger partial charge in [0.2, 0.25) is 0 Å². The van der Waals surface area contributed by atoms with Crippen LogP contribution in [0.1, 0.15) is 18.5 Å². The molecule has 98 valence electrons. The highest BCUT2D eigenvalue weighted by atomic mass is 16.3. The van der Waals surface area contributed by atoms with Crippen molar-refractivity contribution in [2.75, 3.05) is 6.54 Å². The maximum Gasteiger partial charge on any atom is 0.290 e. The van der Waals surface area contributed by atoms with Crippen LogP contribution in [-0.4, -0.2) is 28.2 Å². The molecule has 1 aliphatic rings. The first-order valence-electron chi connectivity index (χ1n) is 5.98. The topological polar surface area (TPSA) is 57.6 Å². The number of aliphatic hydroxyl groups is 1. The van der Waals surface area contributed by atoms with E-state index >= 15 is 0 Å². The molecule has 1 unspecified atom stereocenters. The van der Waals surface area contributed by atoms with Gasteiger partial charge in [-0.05, 0) is 12.5 Å². The summed E-state index contributed by atoms with van der Waals surface area (Å²) in [5.74, 6) is -1.28. The summed E-state index contributed by atoms with van der Waals surface area (Å²) in [4.78, 5) is 25.2. The third-order valence-corrected chi connectivity index (χ3v) is 3.12. The number of carbonyl (C=O) groups is 2. The van der Waals surface area contributed by atoms with Crippen LogP contribution in [0.5, 0.6) is 0 Å². The van der Waals surface area contributed by atoms with Crippen LogP contribution in [0.25, 0.3) is 0 Å². The van der Waals surface area contributed by atoms with Gasteiger partial charge in [-0.25, -0.2) is 0 Å². The van der Waals surface area contributed by atoms with Crippen molar-refractivity contribution in [2.45, 2.75) is 13.0 Å². The van der Waals surface area contributed by atoms with E-state index in [0.29, 0.717) is 0 Å². The molecule has 0 fully saturated rings. The van der Waals surface area contributed by atoms with E-state index in [0.717, 1.165) is 5.56 Å². The van der Waals surface area contributed by atoms with Gasteiger partial charge >= 0.3 is 0 Å². The van der Waals surface area contributed by atoms with Gasteiger partial charge in [-0.2, -0.15) is 0 Å². The van der Waals surface area contributed by atoms with E-state index < -0.39 is 17.7 Å². The van der Waals surface area contributed by atoms with E-state index in [9.17, 15) is 14.7 Å². The molecule has 0 saturated heterocycles. The lowest BCUT2D eigenvalue weighted by Gasteiger charge is -2.25. The molecule has 1 aliphatic heterocycles. The average Bonchev–Trinajstić information content (AvgIpc) is 2.65. The number of nitrogens with zero attached hydrogens (tertiary/aromatic N) is 1. The Morgan fingerprint density at radius 1 is 1.42 bits per heavy atom. The molecule has 0 bridgehead atoms. The molecule has 0 spiro atoms. The summed E-state index contributed by atoms with van der Waals surface area (Å²) in [5, 5.41) is 9.89. The first-order chi connectivity index (χ1) is 9.07. The number of carbonyl (C=O) groups excluding carboxylic acids is 2. The third-order valence-electron chi connectivity index (χ3n) is 3.12. The summed E-state index contributed by atoms with van der Waals surface area (Å²) in [5.41, 5.74) is 0.949. The number of Topliss-reactive ketones (excluding diaryl/α,β-unsaturated/α-hetero) is 1. The van der Waals surface area contributed by atoms with Crippen LogP contribution in [0, 0.1) is 0 Å². The fourth-order valence-electron chi connectivity index (χ4n) is 2.32. The lowest BCUT2D eigenvalue weighted by molar-refractivity contribution is -0.128. The fraction of sp³-hybridized carbons (Fsp3) is 0.200. The van der Waals surface area contributed by atoms with E-state index in [1.165, 1.54) is 11.8 Å². The zero-order valence-electron chi connectivity index (χ0n) is 10.7. The molecule has 19 heavy (non-hydrogen) atoms. The zero-order valence-corrected chi connectivity index (χ0v) is 10.7. The Morgan fingerprint density at radius 2 is 2.05 bits per heavy atom. The summed E-state index contributed by atoms with van der Waals surface area (Å²) >= 11 is 0. The van der Waals surface area contributed by atoms with Crippen molar-refractivity contribution in [3.05, 3.63) is 59.9 Å². The number of amides is 1. The zero-order chi connectivity index (χ0) is 14.0. The van der Waals surface area contributed by atoms with Crippen LogP contribution in [-0.2, 0) is 9.59 Å². The molecular weight excluding hydrogens is 242 g/mol. The van der Waals surface area contributed by atoms with Gasteiger partial charge in [0, 0.05) is 6.54 Å². The largest absolute Gasteiger partial charge is 0.503 e.